The van der Waals surface area contributed by atoms with Crippen LogP contribution in [0.2, 0.25) is 0 Å². The molecule has 2 atom stereocenters. The lowest BCUT2D eigenvalue weighted by Gasteiger charge is -2.24. The molecular weight excluding hydrogens is 338 g/mol. The van der Waals surface area contributed by atoms with Crippen molar-refractivity contribution in [1.29, 1.82) is 0 Å². The van der Waals surface area contributed by atoms with E-state index >= 15 is 0 Å². The largest absolute Gasteiger partial charge is 0.465 e. The van der Waals surface area contributed by atoms with E-state index in [9.17, 15) is 9.59 Å². The monoisotopic (exact) mass is 361 g/mol. The number of carbonyl (C=O) groups excluding carboxylic acids is 2. The van der Waals surface area contributed by atoms with E-state index in [2.05, 4.69) is 11.9 Å². The molecule has 1 amide bonds. The normalized spacial score (nSPS) is 23.8. The summed E-state index contributed by atoms with van der Waals surface area (Å²) in [6.45, 7) is 4.59. The average Bonchev–Trinajstić information content (AvgIpc) is 3.12. The molecule has 1 saturated carbocycles. The van der Waals surface area contributed by atoms with Gasteiger partial charge in [0.05, 0.1) is 18.4 Å². The predicted octanol–water partition coefficient (Wildman–Crippen LogP) is 3.92. The molecule has 2 aliphatic rings. The summed E-state index contributed by atoms with van der Waals surface area (Å²) in [4.78, 5) is 24.6. The van der Waals surface area contributed by atoms with Crippen LogP contribution in [0.3, 0.4) is 0 Å². The van der Waals surface area contributed by atoms with Gasteiger partial charge in [-0.3, -0.25) is 9.59 Å². The first kappa shape index (κ1) is 17.5. The lowest BCUT2D eigenvalue weighted by molar-refractivity contribution is -0.146. The lowest BCUT2D eigenvalue weighted by Crippen LogP contribution is -2.31. The minimum Gasteiger partial charge on any atom is -0.465 e. The zero-order chi connectivity index (χ0) is 18.9. The second kappa shape index (κ2) is 7.03. The van der Waals surface area contributed by atoms with Crippen LogP contribution in [-0.4, -0.2) is 18.5 Å². The van der Waals surface area contributed by atoms with E-state index in [1.807, 2.05) is 54.6 Å². The van der Waals surface area contributed by atoms with Crippen molar-refractivity contribution in [2.24, 2.45) is 11.3 Å². The van der Waals surface area contributed by atoms with Crippen molar-refractivity contribution < 1.29 is 14.3 Å². The highest BCUT2D eigenvalue weighted by atomic mass is 16.5. The predicted molar refractivity (Wildman–Crippen MR) is 104 cm³/mol. The maximum Gasteiger partial charge on any atom is 0.313 e. The smallest absolute Gasteiger partial charge is 0.313 e. The van der Waals surface area contributed by atoms with Gasteiger partial charge in [0.2, 0.25) is 5.91 Å². The molecule has 4 rings (SSSR count). The van der Waals surface area contributed by atoms with Crippen molar-refractivity contribution in [1.82, 2.24) is 0 Å². The van der Waals surface area contributed by atoms with Gasteiger partial charge in [0.1, 0.15) is 0 Å². The number of hydrogen-bond donors (Lipinski definition) is 1. The van der Waals surface area contributed by atoms with E-state index in [1.54, 1.807) is 0 Å². The van der Waals surface area contributed by atoms with E-state index in [0.717, 1.165) is 28.8 Å². The van der Waals surface area contributed by atoms with Crippen molar-refractivity contribution in [3.63, 3.8) is 0 Å². The summed E-state index contributed by atoms with van der Waals surface area (Å²) < 4.78 is 5.34. The molecule has 4 nitrogen and oxygen atoms in total. The standard InChI is InChI=1S/C23H23NO3/c1-16-11-19-15-27-22(26)23(19,13-16)14-18-7-9-20(10-8-18)24-21(25)12-17-5-3-2-4-6-17/h2-10,19H,1,11-15H2,(H,24,25)/t19?,23-/m0/s1. The fourth-order valence-corrected chi connectivity index (χ4v) is 4.32. The fraction of sp³-hybridized carbons (Fsp3) is 0.304. The number of esters is 1. The number of allylic oxidation sites excluding steroid dienone is 1. The molecule has 1 aliphatic heterocycles. The van der Waals surface area contributed by atoms with Crippen LogP contribution in [0.4, 0.5) is 5.69 Å². The number of nitrogens with one attached hydrogen (secondary N) is 1. The van der Waals surface area contributed by atoms with Crippen LogP contribution in [0.5, 0.6) is 0 Å². The molecule has 27 heavy (non-hydrogen) atoms. The molecule has 0 radical (unpaired) electrons. The number of cyclic esters (lactones) is 1. The highest BCUT2D eigenvalue weighted by Gasteiger charge is 2.55. The lowest BCUT2D eigenvalue weighted by atomic mass is 9.75. The van der Waals surface area contributed by atoms with Crippen molar-refractivity contribution >= 4 is 17.6 Å². The van der Waals surface area contributed by atoms with Gasteiger partial charge in [0, 0.05) is 11.6 Å². The number of rotatable bonds is 5. The first-order valence-corrected chi connectivity index (χ1v) is 9.32. The van der Waals surface area contributed by atoms with Gasteiger partial charge >= 0.3 is 5.97 Å². The molecule has 0 bridgehead atoms. The maximum atomic E-state index is 12.4. The second-order valence-electron chi connectivity index (χ2n) is 7.67. The number of ether oxygens (including phenoxy) is 1. The highest BCUT2D eigenvalue weighted by Crippen LogP contribution is 2.52. The Morgan fingerprint density at radius 3 is 2.59 bits per heavy atom. The Bertz CT molecular complexity index is 872. The van der Waals surface area contributed by atoms with E-state index in [-0.39, 0.29) is 17.8 Å². The number of amides is 1. The molecule has 2 fully saturated rings. The third kappa shape index (κ3) is 3.52. The van der Waals surface area contributed by atoms with Crippen LogP contribution in [0.15, 0.2) is 66.7 Å². The van der Waals surface area contributed by atoms with Crippen LogP contribution in [0.25, 0.3) is 0 Å². The molecule has 138 valence electrons. The summed E-state index contributed by atoms with van der Waals surface area (Å²) in [5.74, 6) is 0.105. The summed E-state index contributed by atoms with van der Waals surface area (Å²) >= 11 is 0. The zero-order valence-corrected chi connectivity index (χ0v) is 15.2. The summed E-state index contributed by atoms with van der Waals surface area (Å²) in [5, 5.41) is 2.93. The Kier molecular flexibility index (Phi) is 4.56. The van der Waals surface area contributed by atoms with Crippen LogP contribution < -0.4 is 5.32 Å². The van der Waals surface area contributed by atoms with Gasteiger partial charge in [-0.2, -0.15) is 0 Å². The highest BCUT2D eigenvalue weighted by molar-refractivity contribution is 5.92. The Balaban J connectivity index is 1.41. The van der Waals surface area contributed by atoms with Crippen LogP contribution in [0, 0.1) is 11.3 Å². The van der Waals surface area contributed by atoms with Gasteiger partial charge in [-0.25, -0.2) is 0 Å². The van der Waals surface area contributed by atoms with Gasteiger partial charge < -0.3 is 10.1 Å². The first-order chi connectivity index (χ1) is 13.0. The molecule has 1 N–H and O–H groups in total. The van der Waals surface area contributed by atoms with Crippen molar-refractivity contribution in [3.8, 4) is 0 Å². The second-order valence-corrected chi connectivity index (χ2v) is 7.67. The molecule has 2 aromatic rings. The summed E-state index contributed by atoms with van der Waals surface area (Å²) in [6, 6.07) is 17.4. The molecule has 1 heterocycles. The Hall–Kier alpha value is -2.88. The summed E-state index contributed by atoms with van der Waals surface area (Å²) in [6.07, 6.45) is 2.60. The number of hydrogen-bond acceptors (Lipinski definition) is 3. The quantitative estimate of drug-likeness (QED) is 0.649. The molecule has 1 aliphatic carbocycles. The van der Waals surface area contributed by atoms with Crippen LogP contribution in [-0.2, 0) is 27.2 Å². The van der Waals surface area contributed by atoms with Gasteiger partial charge in [0.15, 0.2) is 0 Å². The van der Waals surface area contributed by atoms with Crippen molar-refractivity contribution in [2.45, 2.75) is 25.7 Å². The van der Waals surface area contributed by atoms with Gasteiger partial charge in [-0.05, 0) is 42.5 Å². The minimum absolute atomic E-state index is 0.0425. The van der Waals surface area contributed by atoms with Crippen molar-refractivity contribution in [3.05, 3.63) is 77.9 Å². The zero-order valence-electron chi connectivity index (χ0n) is 15.2. The molecule has 1 saturated heterocycles. The summed E-state index contributed by atoms with van der Waals surface area (Å²) in [7, 11) is 0. The number of anilines is 1. The van der Waals surface area contributed by atoms with E-state index in [4.69, 9.17) is 4.74 Å². The van der Waals surface area contributed by atoms with Crippen LogP contribution in [0.1, 0.15) is 24.0 Å². The molecule has 0 aromatic heterocycles. The topological polar surface area (TPSA) is 55.4 Å². The van der Waals surface area contributed by atoms with Crippen molar-refractivity contribution in [2.75, 3.05) is 11.9 Å². The molecule has 0 spiro atoms. The minimum atomic E-state index is -0.449. The van der Waals surface area contributed by atoms with E-state index in [1.165, 1.54) is 0 Å². The van der Waals surface area contributed by atoms with Gasteiger partial charge in [-0.15, -0.1) is 0 Å². The van der Waals surface area contributed by atoms with Gasteiger partial charge in [-0.1, -0.05) is 54.6 Å². The fourth-order valence-electron chi connectivity index (χ4n) is 4.32. The number of benzene rings is 2. The van der Waals surface area contributed by atoms with E-state index < -0.39 is 5.41 Å². The molecule has 2 aromatic carbocycles. The van der Waals surface area contributed by atoms with Gasteiger partial charge in [0.25, 0.3) is 0 Å². The van der Waals surface area contributed by atoms with E-state index in [0.29, 0.717) is 25.9 Å². The number of carbonyl (C=O) groups is 2. The third-order valence-electron chi connectivity index (χ3n) is 5.67. The Morgan fingerprint density at radius 2 is 1.85 bits per heavy atom. The third-order valence-corrected chi connectivity index (χ3v) is 5.67. The molecule has 4 heteroatoms. The molecular formula is C23H23NO3. The SMILES string of the molecule is C=C1CC2COC(=O)[C@]2(Cc2ccc(NC(=O)Cc3ccccc3)cc2)C1. The summed E-state index contributed by atoms with van der Waals surface area (Å²) in [5.41, 5.74) is 3.52. The first-order valence-electron chi connectivity index (χ1n) is 9.32. The Morgan fingerprint density at radius 1 is 1.11 bits per heavy atom. The Labute approximate surface area is 159 Å². The van der Waals surface area contributed by atoms with Crippen LogP contribution >= 0.6 is 0 Å². The molecule has 1 unspecified atom stereocenters. The number of fused-ring (bicyclic) bond motifs is 1. The maximum absolute atomic E-state index is 12.4. The average molecular weight is 361 g/mol.